The molecular formula is C19H21N7O2. The fraction of sp³-hybridized carbons (Fsp3) is 0.316. The second-order valence-corrected chi connectivity index (χ2v) is 6.38. The topological polar surface area (TPSA) is 107 Å². The van der Waals surface area contributed by atoms with Crippen LogP contribution in [0.2, 0.25) is 0 Å². The van der Waals surface area contributed by atoms with E-state index in [0.29, 0.717) is 31.3 Å². The largest absolute Gasteiger partial charge is 0.383 e. The number of aryl methyl sites for hydroxylation is 2. The van der Waals surface area contributed by atoms with E-state index in [1.165, 1.54) is 0 Å². The monoisotopic (exact) mass is 379 g/mol. The quantitative estimate of drug-likeness (QED) is 0.596. The van der Waals surface area contributed by atoms with Crippen LogP contribution in [0, 0.1) is 0 Å². The van der Waals surface area contributed by atoms with Crippen molar-refractivity contribution in [2.45, 2.75) is 19.5 Å². The standard InChI is InChI=1S/C19H21N7O2/c1-28-9-7-21-18(27)16-17-15-13(5-8-26(17)12-24-16)10-22-19(25-15)23-11-14-4-2-3-6-20-14/h2-4,6,10,12H,5,7-9,11H2,1H3,(H,21,27)(H,22,23,25). The van der Waals surface area contributed by atoms with Gasteiger partial charge >= 0.3 is 0 Å². The van der Waals surface area contributed by atoms with Gasteiger partial charge in [0.05, 0.1) is 30.9 Å². The number of ether oxygens (including phenoxy) is 1. The first-order valence-electron chi connectivity index (χ1n) is 9.08. The molecule has 9 nitrogen and oxygen atoms in total. The Balaban J connectivity index is 1.58. The van der Waals surface area contributed by atoms with Crippen molar-refractivity contribution in [1.82, 2.24) is 29.8 Å². The van der Waals surface area contributed by atoms with Crippen molar-refractivity contribution in [2.24, 2.45) is 0 Å². The number of hydrogen-bond acceptors (Lipinski definition) is 7. The predicted molar refractivity (Wildman–Crippen MR) is 103 cm³/mol. The maximum Gasteiger partial charge on any atom is 0.272 e. The van der Waals surface area contributed by atoms with E-state index in [2.05, 4.69) is 30.6 Å². The van der Waals surface area contributed by atoms with Crippen molar-refractivity contribution in [3.63, 3.8) is 0 Å². The maximum atomic E-state index is 12.5. The van der Waals surface area contributed by atoms with Crippen LogP contribution in [-0.2, 0) is 24.2 Å². The summed E-state index contributed by atoms with van der Waals surface area (Å²) >= 11 is 0. The highest BCUT2D eigenvalue weighted by Crippen LogP contribution is 2.30. The molecule has 4 rings (SSSR count). The first-order chi connectivity index (χ1) is 13.8. The molecule has 0 atom stereocenters. The average Bonchev–Trinajstić information content (AvgIpc) is 3.18. The number of carbonyl (C=O) groups excluding carboxylic acids is 1. The van der Waals surface area contributed by atoms with Gasteiger partial charge in [-0.15, -0.1) is 0 Å². The minimum atomic E-state index is -0.236. The molecule has 144 valence electrons. The zero-order valence-electron chi connectivity index (χ0n) is 15.6. The van der Waals surface area contributed by atoms with Crippen molar-refractivity contribution in [2.75, 3.05) is 25.6 Å². The summed E-state index contributed by atoms with van der Waals surface area (Å²) in [5, 5.41) is 6.01. The number of anilines is 1. The molecule has 0 aliphatic carbocycles. The van der Waals surface area contributed by atoms with Gasteiger partial charge in [0.15, 0.2) is 5.69 Å². The van der Waals surface area contributed by atoms with E-state index >= 15 is 0 Å². The Morgan fingerprint density at radius 3 is 3.04 bits per heavy atom. The molecule has 0 fully saturated rings. The molecule has 0 radical (unpaired) electrons. The van der Waals surface area contributed by atoms with Crippen LogP contribution in [-0.4, -0.2) is 50.7 Å². The Labute approximate surface area is 162 Å². The normalized spacial score (nSPS) is 12.2. The lowest BCUT2D eigenvalue weighted by molar-refractivity contribution is 0.0933. The van der Waals surface area contributed by atoms with Gasteiger partial charge in [-0.3, -0.25) is 9.78 Å². The summed E-state index contributed by atoms with van der Waals surface area (Å²) in [6, 6.07) is 5.74. The number of carbonyl (C=O) groups is 1. The molecule has 3 aromatic heterocycles. The van der Waals surface area contributed by atoms with E-state index in [-0.39, 0.29) is 5.91 Å². The van der Waals surface area contributed by atoms with E-state index in [4.69, 9.17) is 4.74 Å². The Hall–Kier alpha value is -3.33. The molecule has 0 aromatic carbocycles. The van der Waals surface area contributed by atoms with E-state index < -0.39 is 0 Å². The third-order valence-corrected chi connectivity index (χ3v) is 4.51. The second kappa shape index (κ2) is 8.13. The number of fused-ring (bicyclic) bond motifs is 3. The summed E-state index contributed by atoms with van der Waals surface area (Å²) in [7, 11) is 1.59. The Morgan fingerprint density at radius 1 is 1.29 bits per heavy atom. The molecule has 2 N–H and O–H groups in total. The highest BCUT2D eigenvalue weighted by molar-refractivity contribution is 5.98. The van der Waals surface area contributed by atoms with Gasteiger partial charge < -0.3 is 19.9 Å². The van der Waals surface area contributed by atoms with Gasteiger partial charge in [-0.2, -0.15) is 0 Å². The number of pyridine rings is 1. The molecule has 9 heteroatoms. The summed E-state index contributed by atoms with van der Waals surface area (Å²) in [5.74, 6) is 0.255. The van der Waals surface area contributed by atoms with Gasteiger partial charge in [-0.25, -0.2) is 15.0 Å². The number of imidazole rings is 1. The number of nitrogens with one attached hydrogen (secondary N) is 2. The second-order valence-electron chi connectivity index (χ2n) is 6.38. The third kappa shape index (κ3) is 3.70. The lowest BCUT2D eigenvalue weighted by atomic mass is 10.0. The van der Waals surface area contributed by atoms with Gasteiger partial charge in [0.1, 0.15) is 5.69 Å². The minimum absolute atomic E-state index is 0.236. The van der Waals surface area contributed by atoms with Crippen LogP contribution in [0.5, 0.6) is 0 Å². The van der Waals surface area contributed by atoms with E-state index in [9.17, 15) is 4.79 Å². The molecule has 0 spiro atoms. The fourth-order valence-corrected chi connectivity index (χ4v) is 3.11. The summed E-state index contributed by atoms with van der Waals surface area (Å²) in [6.45, 7) is 2.13. The zero-order chi connectivity index (χ0) is 19.3. The molecule has 1 aliphatic rings. The number of amides is 1. The number of methoxy groups -OCH3 is 1. The molecular weight excluding hydrogens is 358 g/mol. The van der Waals surface area contributed by atoms with Gasteiger partial charge in [-0.1, -0.05) is 6.07 Å². The van der Waals surface area contributed by atoms with Crippen LogP contribution in [0.4, 0.5) is 5.95 Å². The molecule has 0 bridgehead atoms. The van der Waals surface area contributed by atoms with E-state index in [1.54, 1.807) is 19.6 Å². The molecule has 0 saturated heterocycles. The van der Waals surface area contributed by atoms with Crippen molar-refractivity contribution < 1.29 is 9.53 Å². The molecule has 1 amide bonds. The van der Waals surface area contributed by atoms with Crippen LogP contribution in [0.25, 0.3) is 11.4 Å². The molecule has 3 aromatic rings. The lowest BCUT2D eigenvalue weighted by Crippen LogP contribution is -2.28. The Morgan fingerprint density at radius 2 is 2.21 bits per heavy atom. The van der Waals surface area contributed by atoms with Gasteiger partial charge in [0.2, 0.25) is 5.95 Å². The highest BCUT2D eigenvalue weighted by atomic mass is 16.5. The first kappa shape index (κ1) is 18.1. The Kier molecular flexibility index (Phi) is 5.24. The Bertz CT molecular complexity index is 972. The number of rotatable bonds is 7. The third-order valence-electron chi connectivity index (χ3n) is 4.51. The SMILES string of the molecule is COCCNC(=O)c1ncn2c1-c1nc(NCc3ccccn3)ncc1CC2. The first-order valence-corrected chi connectivity index (χ1v) is 9.08. The summed E-state index contributed by atoms with van der Waals surface area (Å²) in [6.07, 6.45) is 6.04. The van der Waals surface area contributed by atoms with Crippen LogP contribution in [0.1, 0.15) is 21.7 Å². The van der Waals surface area contributed by atoms with E-state index in [0.717, 1.165) is 35.6 Å². The summed E-state index contributed by atoms with van der Waals surface area (Å²) < 4.78 is 6.94. The summed E-state index contributed by atoms with van der Waals surface area (Å²) in [4.78, 5) is 30.2. The van der Waals surface area contributed by atoms with Gasteiger partial charge in [0, 0.05) is 38.2 Å². The van der Waals surface area contributed by atoms with Crippen LogP contribution in [0.15, 0.2) is 36.9 Å². The molecule has 0 saturated carbocycles. The smallest absolute Gasteiger partial charge is 0.272 e. The number of nitrogens with zero attached hydrogens (tertiary/aromatic N) is 5. The molecule has 1 aliphatic heterocycles. The highest BCUT2D eigenvalue weighted by Gasteiger charge is 2.26. The summed E-state index contributed by atoms with van der Waals surface area (Å²) in [5.41, 5.74) is 3.72. The predicted octanol–water partition coefficient (Wildman–Crippen LogP) is 1.28. The van der Waals surface area contributed by atoms with Crippen molar-refractivity contribution >= 4 is 11.9 Å². The average molecular weight is 379 g/mol. The van der Waals surface area contributed by atoms with E-state index in [1.807, 2.05) is 29.0 Å². The fourth-order valence-electron chi connectivity index (χ4n) is 3.11. The number of hydrogen-bond donors (Lipinski definition) is 2. The maximum absolute atomic E-state index is 12.5. The van der Waals surface area contributed by atoms with Crippen LogP contribution < -0.4 is 10.6 Å². The molecule has 0 unspecified atom stereocenters. The zero-order valence-corrected chi connectivity index (χ0v) is 15.6. The molecule has 28 heavy (non-hydrogen) atoms. The van der Waals surface area contributed by atoms with Gasteiger partial charge in [-0.05, 0) is 18.6 Å². The van der Waals surface area contributed by atoms with Crippen molar-refractivity contribution in [3.05, 3.63) is 53.9 Å². The molecule has 4 heterocycles. The van der Waals surface area contributed by atoms with Gasteiger partial charge in [0.25, 0.3) is 5.91 Å². The minimum Gasteiger partial charge on any atom is -0.383 e. The van der Waals surface area contributed by atoms with Crippen molar-refractivity contribution in [3.8, 4) is 11.4 Å². The van der Waals surface area contributed by atoms with Crippen LogP contribution >= 0.6 is 0 Å². The van der Waals surface area contributed by atoms with Crippen LogP contribution in [0.3, 0.4) is 0 Å². The lowest BCUT2D eigenvalue weighted by Gasteiger charge is -2.19. The van der Waals surface area contributed by atoms with Crippen molar-refractivity contribution in [1.29, 1.82) is 0 Å². The number of aromatic nitrogens is 5.